The molecule has 0 amide bonds. The van der Waals surface area contributed by atoms with Crippen LogP contribution in [-0.2, 0) is 0 Å². The zero-order valence-corrected chi connectivity index (χ0v) is 12.6. The molecule has 1 saturated heterocycles. The topological polar surface area (TPSA) is 28.2 Å². The van der Waals surface area contributed by atoms with Crippen LogP contribution < -0.4 is 10.2 Å². The molecule has 3 rings (SSSR count). The van der Waals surface area contributed by atoms with Crippen LogP contribution in [0, 0.1) is 0 Å². The van der Waals surface area contributed by atoms with Crippen LogP contribution in [0.4, 0.5) is 5.69 Å². The summed E-state index contributed by atoms with van der Waals surface area (Å²) in [6.07, 6.45) is 6.13. The van der Waals surface area contributed by atoms with Gasteiger partial charge in [0.15, 0.2) is 0 Å². The predicted molar refractivity (Wildman–Crippen MR) is 87.5 cm³/mol. The molecule has 1 unspecified atom stereocenters. The molecule has 1 fully saturated rings. The van der Waals surface area contributed by atoms with Gasteiger partial charge in [0.05, 0.1) is 0 Å². The van der Waals surface area contributed by atoms with E-state index in [0.717, 1.165) is 13.1 Å². The van der Waals surface area contributed by atoms with Crippen molar-refractivity contribution in [3.63, 3.8) is 0 Å². The van der Waals surface area contributed by atoms with Crippen LogP contribution >= 0.6 is 0 Å². The third-order valence-corrected chi connectivity index (χ3v) is 4.31. The van der Waals surface area contributed by atoms with Gasteiger partial charge in [-0.05, 0) is 49.6 Å². The van der Waals surface area contributed by atoms with Crippen molar-refractivity contribution in [2.75, 3.05) is 18.0 Å². The summed E-state index contributed by atoms with van der Waals surface area (Å²) in [4.78, 5) is 6.57. The molecule has 1 aromatic carbocycles. The molecule has 1 aliphatic heterocycles. The molecule has 21 heavy (non-hydrogen) atoms. The molecule has 110 valence electrons. The molecule has 0 saturated carbocycles. The van der Waals surface area contributed by atoms with Crippen LogP contribution in [0.5, 0.6) is 0 Å². The molecule has 2 heterocycles. The van der Waals surface area contributed by atoms with E-state index in [-0.39, 0.29) is 0 Å². The molecule has 3 nitrogen and oxygen atoms in total. The smallest absolute Gasteiger partial charge is 0.0366 e. The zero-order chi connectivity index (χ0) is 14.5. The number of pyridine rings is 1. The summed E-state index contributed by atoms with van der Waals surface area (Å²) in [6.45, 7) is 4.49. The van der Waals surface area contributed by atoms with E-state index in [1.807, 2.05) is 12.4 Å². The monoisotopic (exact) mass is 281 g/mol. The van der Waals surface area contributed by atoms with Gasteiger partial charge in [-0.15, -0.1) is 0 Å². The molecular formula is C18H23N3. The van der Waals surface area contributed by atoms with Gasteiger partial charge >= 0.3 is 0 Å². The van der Waals surface area contributed by atoms with Crippen molar-refractivity contribution < 1.29 is 0 Å². The highest BCUT2D eigenvalue weighted by Crippen LogP contribution is 2.21. The van der Waals surface area contributed by atoms with Crippen LogP contribution in [0.3, 0.4) is 0 Å². The lowest BCUT2D eigenvalue weighted by Crippen LogP contribution is -2.43. The quantitative estimate of drug-likeness (QED) is 0.931. The minimum absolute atomic E-state index is 0.390. The lowest BCUT2D eigenvalue weighted by Gasteiger charge is -2.35. The van der Waals surface area contributed by atoms with Crippen LogP contribution in [0.25, 0.3) is 0 Å². The molecule has 2 aromatic rings. The number of hydrogen-bond donors (Lipinski definition) is 1. The maximum atomic E-state index is 4.08. The number of benzene rings is 1. The minimum atomic E-state index is 0.390. The fourth-order valence-corrected chi connectivity index (χ4v) is 3.05. The predicted octanol–water partition coefficient (Wildman–Crippen LogP) is 3.40. The summed E-state index contributed by atoms with van der Waals surface area (Å²) in [6, 6.07) is 15.9. The standard InChI is InChI=1S/C18H23N3/c1-15(16-7-11-19-12-8-16)20-17-9-13-21(14-10-17)18-5-3-2-4-6-18/h2-8,11-12,15,17,20H,9-10,13-14H2,1H3. The van der Waals surface area contributed by atoms with Crippen molar-refractivity contribution in [1.82, 2.24) is 10.3 Å². The normalized spacial score (nSPS) is 17.7. The average Bonchev–Trinajstić information content (AvgIpc) is 2.57. The summed E-state index contributed by atoms with van der Waals surface area (Å²) in [7, 11) is 0. The molecule has 1 aliphatic rings. The lowest BCUT2D eigenvalue weighted by atomic mass is 10.0. The first kappa shape index (κ1) is 14.1. The van der Waals surface area contributed by atoms with Gasteiger partial charge in [-0.1, -0.05) is 18.2 Å². The van der Waals surface area contributed by atoms with Gasteiger partial charge in [-0.2, -0.15) is 0 Å². The first-order valence-electron chi connectivity index (χ1n) is 7.79. The van der Waals surface area contributed by atoms with Gasteiger partial charge in [-0.25, -0.2) is 0 Å². The first-order chi connectivity index (χ1) is 10.3. The van der Waals surface area contributed by atoms with E-state index in [0.29, 0.717) is 12.1 Å². The number of aromatic nitrogens is 1. The second-order valence-corrected chi connectivity index (χ2v) is 5.77. The van der Waals surface area contributed by atoms with E-state index < -0.39 is 0 Å². The summed E-state index contributed by atoms with van der Waals surface area (Å²) in [5, 5.41) is 3.75. The van der Waals surface area contributed by atoms with Crippen molar-refractivity contribution in [2.45, 2.75) is 31.8 Å². The average molecular weight is 281 g/mol. The molecular weight excluding hydrogens is 258 g/mol. The van der Waals surface area contributed by atoms with E-state index in [2.05, 4.69) is 64.6 Å². The molecule has 1 aromatic heterocycles. The number of para-hydroxylation sites is 1. The number of anilines is 1. The summed E-state index contributed by atoms with van der Waals surface area (Å²) >= 11 is 0. The Morgan fingerprint density at radius 2 is 1.71 bits per heavy atom. The van der Waals surface area contributed by atoms with Crippen molar-refractivity contribution in [2.24, 2.45) is 0 Å². The highest BCUT2D eigenvalue weighted by Gasteiger charge is 2.20. The van der Waals surface area contributed by atoms with Crippen LogP contribution in [0.1, 0.15) is 31.4 Å². The number of nitrogens with one attached hydrogen (secondary N) is 1. The molecule has 1 N–H and O–H groups in total. The van der Waals surface area contributed by atoms with Crippen LogP contribution in [-0.4, -0.2) is 24.1 Å². The Balaban J connectivity index is 1.52. The molecule has 0 radical (unpaired) electrons. The summed E-state index contributed by atoms with van der Waals surface area (Å²) in [5.41, 5.74) is 2.66. The molecule has 0 aliphatic carbocycles. The highest BCUT2D eigenvalue weighted by molar-refractivity contribution is 5.46. The molecule has 0 spiro atoms. The largest absolute Gasteiger partial charge is 0.371 e. The number of rotatable bonds is 4. The number of nitrogens with zero attached hydrogens (tertiary/aromatic N) is 2. The Labute approximate surface area is 127 Å². The van der Waals surface area contributed by atoms with Crippen molar-refractivity contribution in [3.8, 4) is 0 Å². The van der Waals surface area contributed by atoms with Crippen LogP contribution in [0.15, 0.2) is 54.9 Å². The van der Waals surface area contributed by atoms with Gasteiger partial charge in [0.25, 0.3) is 0 Å². The minimum Gasteiger partial charge on any atom is -0.371 e. The molecule has 0 bridgehead atoms. The highest BCUT2D eigenvalue weighted by atomic mass is 15.1. The van der Waals surface area contributed by atoms with Gasteiger partial charge in [0, 0.05) is 43.3 Å². The number of piperidine rings is 1. The second kappa shape index (κ2) is 6.72. The molecule has 1 atom stereocenters. The Kier molecular flexibility index (Phi) is 4.51. The van der Waals surface area contributed by atoms with E-state index in [1.54, 1.807) is 0 Å². The number of hydrogen-bond acceptors (Lipinski definition) is 3. The summed E-state index contributed by atoms with van der Waals surface area (Å²) < 4.78 is 0. The Morgan fingerprint density at radius 3 is 2.38 bits per heavy atom. The second-order valence-electron chi connectivity index (χ2n) is 5.77. The van der Waals surface area contributed by atoms with Gasteiger partial charge in [-0.3, -0.25) is 4.98 Å². The van der Waals surface area contributed by atoms with Crippen LogP contribution in [0.2, 0.25) is 0 Å². The fourth-order valence-electron chi connectivity index (χ4n) is 3.05. The zero-order valence-electron chi connectivity index (χ0n) is 12.6. The van der Waals surface area contributed by atoms with Crippen molar-refractivity contribution in [1.29, 1.82) is 0 Å². The van der Waals surface area contributed by atoms with Crippen molar-refractivity contribution in [3.05, 3.63) is 60.4 Å². The fraction of sp³-hybridized carbons (Fsp3) is 0.389. The van der Waals surface area contributed by atoms with E-state index in [4.69, 9.17) is 0 Å². The Hall–Kier alpha value is -1.87. The Morgan fingerprint density at radius 1 is 1.05 bits per heavy atom. The van der Waals surface area contributed by atoms with E-state index in [9.17, 15) is 0 Å². The maximum absolute atomic E-state index is 4.08. The third-order valence-electron chi connectivity index (χ3n) is 4.31. The van der Waals surface area contributed by atoms with Crippen molar-refractivity contribution >= 4 is 5.69 Å². The Bertz CT molecular complexity index is 533. The van der Waals surface area contributed by atoms with E-state index >= 15 is 0 Å². The van der Waals surface area contributed by atoms with E-state index in [1.165, 1.54) is 24.1 Å². The molecule has 3 heteroatoms. The van der Waals surface area contributed by atoms with Gasteiger partial charge < -0.3 is 10.2 Å². The SMILES string of the molecule is CC(NC1CCN(c2ccccc2)CC1)c1ccncc1. The van der Waals surface area contributed by atoms with Gasteiger partial charge in [0.2, 0.25) is 0 Å². The maximum Gasteiger partial charge on any atom is 0.0366 e. The lowest BCUT2D eigenvalue weighted by molar-refractivity contribution is 0.381. The summed E-state index contributed by atoms with van der Waals surface area (Å²) in [5.74, 6) is 0. The first-order valence-corrected chi connectivity index (χ1v) is 7.79. The van der Waals surface area contributed by atoms with Gasteiger partial charge in [0.1, 0.15) is 0 Å². The third kappa shape index (κ3) is 3.61.